The van der Waals surface area contributed by atoms with Crippen LogP contribution in [0.15, 0.2) is 53.1 Å². The number of nitrogens with zero attached hydrogens (tertiary/aromatic N) is 2. The van der Waals surface area contributed by atoms with Crippen LogP contribution in [0.1, 0.15) is 30.0 Å². The zero-order chi connectivity index (χ0) is 21.7. The highest BCUT2D eigenvalue weighted by atomic mass is 35.5. The van der Waals surface area contributed by atoms with Crippen molar-refractivity contribution in [2.45, 2.75) is 26.5 Å². The summed E-state index contributed by atoms with van der Waals surface area (Å²) in [7, 11) is 0. The zero-order valence-electron chi connectivity index (χ0n) is 16.3. The van der Waals surface area contributed by atoms with Crippen molar-refractivity contribution < 1.29 is 23.2 Å². The fourth-order valence-corrected chi connectivity index (χ4v) is 2.83. The minimum Gasteiger partial charge on any atom is -0.456 e. The van der Waals surface area contributed by atoms with E-state index in [1.54, 1.807) is 38.1 Å². The maximum atomic E-state index is 13.0. The van der Waals surface area contributed by atoms with Crippen molar-refractivity contribution in [3.05, 3.63) is 70.8 Å². The van der Waals surface area contributed by atoms with E-state index in [-0.39, 0.29) is 40.6 Å². The Kier molecular flexibility index (Phi) is 6.79. The molecule has 0 aliphatic carbocycles. The van der Waals surface area contributed by atoms with Crippen LogP contribution in [0, 0.1) is 11.7 Å². The molecule has 1 amide bonds. The predicted octanol–water partition coefficient (Wildman–Crippen LogP) is 4.03. The van der Waals surface area contributed by atoms with Crippen molar-refractivity contribution >= 4 is 23.5 Å². The van der Waals surface area contributed by atoms with E-state index in [1.165, 1.54) is 24.3 Å². The van der Waals surface area contributed by atoms with E-state index < -0.39 is 17.9 Å². The second kappa shape index (κ2) is 9.49. The van der Waals surface area contributed by atoms with Crippen LogP contribution in [0.3, 0.4) is 0 Å². The lowest BCUT2D eigenvalue weighted by Gasteiger charge is -2.20. The minimum absolute atomic E-state index is 0.141. The average molecular weight is 432 g/mol. The first-order valence-electron chi connectivity index (χ1n) is 9.15. The number of hydrogen-bond acceptors (Lipinski definition) is 6. The molecule has 0 spiro atoms. The summed E-state index contributed by atoms with van der Waals surface area (Å²) in [5, 5.41) is 6.68. The Labute approximate surface area is 177 Å². The molecule has 3 rings (SSSR count). The van der Waals surface area contributed by atoms with Crippen molar-refractivity contribution in [3.63, 3.8) is 0 Å². The number of nitrogens with one attached hydrogen (secondary N) is 1. The largest absolute Gasteiger partial charge is 0.456 e. The van der Waals surface area contributed by atoms with Gasteiger partial charge in [-0.1, -0.05) is 42.7 Å². The maximum Gasteiger partial charge on any atom is 0.329 e. The molecule has 0 aliphatic heterocycles. The summed E-state index contributed by atoms with van der Waals surface area (Å²) >= 11 is 6.04. The van der Waals surface area contributed by atoms with E-state index in [0.717, 1.165) is 0 Å². The Bertz CT molecular complexity index is 1040. The molecule has 1 aromatic heterocycles. The third-order valence-electron chi connectivity index (χ3n) is 4.23. The van der Waals surface area contributed by atoms with E-state index in [0.29, 0.717) is 5.56 Å². The number of aromatic nitrogens is 2. The number of rotatable bonds is 7. The lowest BCUT2D eigenvalue weighted by atomic mass is 10.0. The molecule has 9 heteroatoms. The number of carbonyl (C=O) groups excluding carboxylic acids is 2. The standard InChI is InChI=1S/C21H19ClFN3O4/c1-12(2)18(25-19(27)15-5-3-4-6-16(15)22)21(28)29-11-17-24-20(30-26-17)13-7-9-14(23)10-8-13/h3-10,12,18H,11H2,1-2H3,(H,25,27)/t18-/m0/s1. The van der Waals surface area contributed by atoms with Crippen LogP contribution in [0.25, 0.3) is 11.5 Å². The molecule has 0 fully saturated rings. The molecule has 3 aromatic rings. The average Bonchev–Trinajstić information content (AvgIpc) is 3.19. The van der Waals surface area contributed by atoms with Crippen LogP contribution < -0.4 is 5.32 Å². The highest BCUT2D eigenvalue weighted by molar-refractivity contribution is 6.33. The smallest absolute Gasteiger partial charge is 0.329 e. The van der Waals surface area contributed by atoms with Gasteiger partial charge in [-0.3, -0.25) is 4.79 Å². The maximum absolute atomic E-state index is 13.0. The molecule has 1 N–H and O–H groups in total. The lowest BCUT2D eigenvalue weighted by molar-refractivity contribution is -0.148. The number of hydrogen-bond donors (Lipinski definition) is 1. The Morgan fingerprint density at radius 2 is 1.87 bits per heavy atom. The topological polar surface area (TPSA) is 94.3 Å². The monoisotopic (exact) mass is 431 g/mol. The molecule has 0 unspecified atom stereocenters. The second-order valence-electron chi connectivity index (χ2n) is 6.81. The molecular formula is C21H19ClFN3O4. The van der Waals surface area contributed by atoms with Crippen molar-refractivity contribution in [2.24, 2.45) is 5.92 Å². The zero-order valence-corrected chi connectivity index (χ0v) is 17.0. The van der Waals surface area contributed by atoms with Crippen LogP contribution in [0.2, 0.25) is 5.02 Å². The molecule has 2 aromatic carbocycles. The predicted molar refractivity (Wildman–Crippen MR) is 107 cm³/mol. The summed E-state index contributed by atoms with van der Waals surface area (Å²) in [5.41, 5.74) is 0.799. The number of halogens is 2. The molecule has 0 radical (unpaired) electrons. The Balaban J connectivity index is 1.62. The molecule has 0 saturated heterocycles. The second-order valence-corrected chi connectivity index (χ2v) is 7.21. The quantitative estimate of drug-likeness (QED) is 0.567. The van der Waals surface area contributed by atoms with Gasteiger partial charge >= 0.3 is 5.97 Å². The van der Waals surface area contributed by atoms with E-state index >= 15 is 0 Å². The van der Waals surface area contributed by atoms with Crippen molar-refractivity contribution in [1.82, 2.24) is 15.5 Å². The first-order chi connectivity index (χ1) is 14.3. The van der Waals surface area contributed by atoms with E-state index in [4.69, 9.17) is 20.9 Å². The van der Waals surface area contributed by atoms with Crippen molar-refractivity contribution in [2.75, 3.05) is 0 Å². The van der Waals surface area contributed by atoms with Crippen LogP contribution in [0.5, 0.6) is 0 Å². The van der Waals surface area contributed by atoms with Gasteiger partial charge in [-0.2, -0.15) is 4.98 Å². The third kappa shape index (κ3) is 5.21. The fourth-order valence-electron chi connectivity index (χ4n) is 2.61. The molecule has 0 saturated carbocycles. The van der Waals surface area contributed by atoms with Crippen LogP contribution >= 0.6 is 11.6 Å². The van der Waals surface area contributed by atoms with Crippen molar-refractivity contribution in [1.29, 1.82) is 0 Å². The summed E-state index contributed by atoms with van der Waals surface area (Å²) < 4.78 is 23.4. The van der Waals surface area contributed by atoms with Crippen LogP contribution in [-0.4, -0.2) is 28.1 Å². The van der Waals surface area contributed by atoms with Gasteiger partial charge in [0.05, 0.1) is 10.6 Å². The van der Waals surface area contributed by atoms with Gasteiger partial charge in [-0.25, -0.2) is 9.18 Å². The Morgan fingerprint density at radius 1 is 1.17 bits per heavy atom. The normalized spacial score (nSPS) is 11.9. The number of ether oxygens (including phenoxy) is 1. The molecule has 1 heterocycles. The van der Waals surface area contributed by atoms with E-state index in [1.807, 2.05) is 0 Å². The summed E-state index contributed by atoms with van der Waals surface area (Å²) in [6.07, 6.45) is 0. The number of benzene rings is 2. The molecule has 0 bridgehead atoms. The number of carbonyl (C=O) groups is 2. The van der Waals surface area contributed by atoms with Crippen LogP contribution in [0.4, 0.5) is 4.39 Å². The fraction of sp³-hybridized carbons (Fsp3) is 0.238. The van der Waals surface area contributed by atoms with Gasteiger partial charge in [0, 0.05) is 5.56 Å². The highest BCUT2D eigenvalue weighted by Crippen LogP contribution is 2.18. The molecule has 7 nitrogen and oxygen atoms in total. The molecular weight excluding hydrogens is 413 g/mol. The summed E-state index contributed by atoms with van der Waals surface area (Å²) in [6.45, 7) is 3.31. The molecule has 156 valence electrons. The lowest BCUT2D eigenvalue weighted by Crippen LogP contribution is -2.45. The van der Waals surface area contributed by atoms with Gasteiger partial charge in [-0.15, -0.1) is 0 Å². The molecule has 30 heavy (non-hydrogen) atoms. The third-order valence-corrected chi connectivity index (χ3v) is 4.56. The number of amides is 1. The van der Waals surface area contributed by atoms with Gasteiger partial charge in [0.2, 0.25) is 5.82 Å². The van der Waals surface area contributed by atoms with Crippen molar-refractivity contribution in [3.8, 4) is 11.5 Å². The van der Waals surface area contributed by atoms with E-state index in [2.05, 4.69) is 15.5 Å². The first-order valence-corrected chi connectivity index (χ1v) is 9.53. The van der Waals surface area contributed by atoms with Gasteiger partial charge < -0.3 is 14.6 Å². The van der Waals surface area contributed by atoms with Gasteiger partial charge in [0.15, 0.2) is 6.61 Å². The molecule has 1 atom stereocenters. The van der Waals surface area contributed by atoms with Crippen LogP contribution in [-0.2, 0) is 16.1 Å². The summed E-state index contributed by atoms with van der Waals surface area (Å²) in [4.78, 5) is 29.1. The minimum atomic E-state index is -0.891. The SMILES string of the molecule is CC(C)[C@H](NC(=O)c1ccccc1Cl)C(=O)OCc1noc(-c2ccc(F)cc2)n1. The first kappa shape index (κ1) is 21.4. The molecule has 0 aliphatic rings. The van der Waals surface area contributed by atoms with Gasteiger partial charge in [0.25, 0.3) is 11.8 Å². The Hall–Kier alpha value is -3.26. The number of esters is 1. The Morgan fingerprint density at radius 3 is 2.53 bits per heavy atom. The van der Waals surface area contributed by atoms with E-state index in [9.17, 15) is 14.0 Å². The highest BCUT2D eigenvalue weighted by Gasteiger charge is 2.27. The summed E-state index contributed by atoms with van der Waals surface area (Å²) in [6, 6.07) is 11.2. The van der Waals surface area contributed by atoms with Gasteiger partial charge in [0.1, 0.15) is 11.9 Å². The van der Waals surface area contributed by atoms with Gasteiger partial charge in [-0.05, 0) is 42.3 Å². The summed E-state index contributed by atoms with van der Waals surface area (Å²) in [5.74, 6) is -1.42.